The van der Waals surface area contributed by atoms with Gasteiger partial charge >= 0.3 is 0 Å². The molecule has 0 radical (unpaired) electrons. The van der Waals surface area contributed by atoms with E-state index >= 15 is 0 Å². The number of halogens is 1. The summed E-state index contributed by atoms with van der Waals surface area (Å²) in [6.45, 7) is 3.60. The highest BCUT2D eigenvalue weighted by atomic mass is 19.1. The molecule has 2 N–H and O–H groups in total. The van der Waals surface area contributed by atoms with Crippen LogP contribution in [0.3, 0.4) is 0 Å². The lowest BCUT2D eigenvalue weighted by Crippen LogP contribution is -2.49. The number of hydrogen-bond acceptors (Lipinski definition) is 5. The molecule has 3 aromatic rings. The maximum absolute atomic E-state index is 13.3. The fourth-order valence-corrected chi connectivity index (χ4v) is 3.73. The topological polar surface area (TPSA) is 77.1 Å². The summed E-state index contributed by atoms with van der Waals surface area (Å²) in [6.07, 6.45) is 2.02. The first kappa shape index (κ1) is 20.0. The minimum absolute atomic E-state index is 0.133. The molecule has 0 spiro atoms. The summed E-state index contributed by atoms with van der Waals surface area (Å²) in [6, 6.07) is 16.3. The second-order valence-corrected chi connectivity index (χ2v) is 7.29. The first-order valence-electron chi connectivity index (χ1n) is 10.1. The molecule has 0 aliphatic carbocycles. The van der Waals surface area contributed by atoms with E-state index in [1.165, 1.54) is 17.8 Å². The summed E-state index contributed by atoms with van der Waals surface area (Å²) in [5.74, 6) is -0.157. The highest BCUT2D eigenvalue weighted by Gasteiger charge is 2.22. The van der Waals surface area contributed by atoms with Crippen molar-refractivity contribution in [2.24, 2.45) is 0 Å². The van der Waals surface area contributed by atoms with Gasteiger partial charge in [-0.15, -0.1) is 0 Å². The smallest absolute Gasteiger partial charge is 0.223 e. The molecular formula is C22H25FN6O. The SMILES string of the molecule is O=C(CCN[C@@H](c1ccc(F)cc1)c1cn[nH]n1)N1CCN(c2ccccc2)CC1. The number of nitrogens with zero attached hydrogens (tertiary/aromatic N) is 4. The van der Waals surface area contributed by atoms with Crippen LogP contribution in [0.2, 0.25) is 0 Å². The van der Waals surface area contributed by atoms with Crippen molar-refractivity contribution in [1.29, 1.82) is 0 Å². The van der Waals surface area contributed by atoms with Crippen LogP contribution in [0, 0.1) is 5.82 Å². The molecular weight excluding hydrogens is 383 g/mol. The molecule has 30 heavy (non-hydrogen) atoms. The van der Waals surface area contributed by atoms with E-state index in [0.29, 0.717) is 18.7 Å². The molecule has 4 rings (SSSR count). The summed E-state index contributed by atoms with van der Waals surface area (Å²) in [5, 5.41) is 14.0. The van der Waals surface area contributed by atoms with Crippen LogP contribution in [0.1, 0.15) is 23.7 Å². The number of hydrogen-bond donors (Lipinski definition) is 2. The predicted molar refractivity (Wildman–Crippen MR) is 112 cm³/mol. The zero-order chi connectivity index (χ0) is 20.8. The molecule has 0 unspecified atom stereocenters. The van der Waals surface area contributed by atoms with Gasteiger partial charge < -0.3 is 15.1 Å². The number of carbonyl (C=O) groups is 1. The van der Waals surface area contributed by atoms with Gasteiger partial charge in [-0.05, 0) is 29.8 Å². The van der Waals surface area contributed by atoms with E-state index < -0.39 is 0 Å². The van der Waals surface area contributed by atoms with Crippen LogP contribution in [0.4, 0.5) is 10.1 Å². The molecule has 156 valence electrons. The van der Waals surface area contributed by atoms with Crippen molar-refractivity contribution >= 4 is 11.6 Å². The van der Waals surface area contributed by atoms with Crippen LogP contribution in [0.15, 0.2) is 60.8 Å². The standard InChI is InChI=1S/C22H25FN6O/c23-18-8-6-17(7-9-18)22(20-16-25-27-26-20)24-11-10-21(30)29-14-12-28(13-15-29)19-4-2-1-3-5-19/h1-9,16,22,24H,10-15H2,(H,25,26,27)/t22-/m0/s1. The second kappa shape index (κ2) is 9.49. The van der Waals surface area contributed by atoms with E-state index in [0.717, 1.165) is 31.7 Å². The molecule has 1 atom stereocenters. The Morgan fingerprint density at radius 3 is 2.47 bits per heavy atom. The van der Waals surface area contributed by atoms with E-state index in [2.05, 4.69) is 37.8 Å². The van der Waals surface area contributed by atoms with Crippen LogP contribution >= 0.6 is 0 Å². The molecule has 1 saturated heterocycles. The van der Waals surface area contributed by atoms with Gasteiger partial charge in [0.05, 0.1) is 12.2 Å². The molecule has 1 aliphatic heterocycles. The lowest BCUT2D eigenvalue weighted by molar-refractivity contribution is -0.131. The van der Waals surface area contributed by atoms with Crippen LogP contribution in [-0.2, 0) is 4.79 Å². The Kier molecular flexibility index (Phi) is 6.34. The molecule has 0 saturated carbocycles. The number of para-hydroxylation sites is 1. The van der Waals surface area contributed by atoms with Crippen molar-refractivity contribution in [3.8, 4) is 0 Å². The van der Waals surface area contributed by atoms with E-state index in [9.17, 15) is 9.18 Å². The summed E-state index contributed by atoms with van der Waals surface area (Å²) < 4.78 is 13.3. The zero-order valence-electron chi connectivity index (χ0n) is 16.7. The van der Waals surface area contributed by atoms with Gasteiger partial charge in [0.1, 0.15) is 11.5 Å². The Morgan fingerprint density at radius 2 is 1.80 bits per heavy atom. The summed E-state index contributed by atoms with van der Waals surface area (Å²) >= 11 is 0. The quantitative estimate of drug-likeness (QED) is 0.628. The molecule has 1 amide bonds. The van der Waals surface area contributed by atoms with Crippen molar-refractivity contribution < 1.29 is 9.18 Å². The van der Waals surface area contributed by atoms with Gasteiger partial charge in [-0.3, -0.25) is 4.79 Å². The number of anilines is 1. The first-order chi connectivity index (χ1) is 14.7. The molecule has 0 bridgehead atoms. The summed E-state index contributed by atoms with van der Waals surface area (Å²) in [7, 11) is 0. The van der Waals surface area contributed by atoms with Crippen molar-refractivity contribution in [3.05, 3.63) is 77.9 Å². The fraction of sp³-hybridized carbons (Fsp3) is 0.318. The normalized spacial score (nSPS) is 15.2. The second-order valence-electron chi connectivity index (χ2n) is 7.29. The number of piperazine rings is 1. The number of aromatic nitrogens is 3. The largest absolute Gasteiger partial charge is 0.368 e. The summed E-state index contributed by atoms with van der Waals surface area (Å²) in [5.41, 5.74) is 2.76. The number of nitrogens with one attached hydrogen (secondary N) is 2. The number of aromatic amines is 1. The minimum atomic E-state index is -0.289. The number of rotatable bonds is 7. The van der Waals surface area contributed by atoms with Gasteiger partial charge in [0, 0.05) is 44.8 Å². The molecule has 1 aliphatic rings. The molecule has 2 heterocycles. The molecule has 7 nitrogen and oxygen atoms in total. The zero-order valence-corrected chi connectivity index (χ0v) is 16.7. The Bertz CT molecular complexity index is 924. The van der Waals surface area contributed by atoms with E-state index in [4.69, 9.17) is 0 Å². The minimum Gasteiger partial charge on any atom is -0.368 e. The maximum atomic E-state index is 13.3. The average molecular weight is 408 g/mol. The van der Waals surface area contributed by atoms with Crippen molar-refractivity contribution in [1.82, 2.24) is 25.6 Å². The number of amides is 1. The van der Waals surface area contributed by atoms with Gasteiger partial charge in [-0.1, -0.05) is 30.3 Å². The number of carbonyl (C=O) groups excluding carboxylic acids is 1. The molecule has 1 aromatic heterocycles. The molecule has 2 aromatic carbocycles. The molecule has 1 fully saturated rings. The highest BCUT2D eigenvalue weighted by Crippen LogP contribution is 2.20. The lowest BCUT2D eigenvalue weighted by Gasteiger charge is -2.36. The van der Waals surface area contributed by atoms with Gasteiger partial charge in [-0.25, -0.2) is 4.39 Å². The Balaban J connectivity index is 1.29. The van der Waals surface area contributed by atoms with Crippen molar-refractivity contribution in [2.45, 2.75) is 12.5 Å². The number of benzene rings is 2. The highest BCUT2D eigenvalue weighted by molar-refractivity contribution is 5.76. The van der Waals surface area contributed by atoms with Crippen molar-refractivity contribution in [2.75, 3.05) is 37.6 Å². The summed E-state index contributed by atoms with van der Waals surface area (Å²) in [4.78, 5) is 16.9. The van der Waals surface area contributed by atoms with E-state index in [-0.39, 0.29) is 17.8 Å². The Hall–Kier alpha value is -3.26. The molecule has 8 heteroatoms. The number of H-pyrrole nitrogens is 1. The van der Waals surface area contributed by atoms with Gasteiger partial charge in [0.2, 0.25) is 5.91 Å². The third-order valence-electron chi connectivity index (χ3n) is 5.37. The van der Waals surface area contributed by atoms with Crippen LogP contribution in [0.5, 0.6) is 0 Å². The average Bonchev–Trinajstić information content (AvgIpc) is 3.33. The monoisotopic (exact) mass is 408 g/mol. The van der Waals surface area contributed by atoms with Crippen LogP contribution in [0.25, 0.3) is 0 Å². The Labute approximate surface area is 174 Å². The van der Waals surface area contributed by atoms with Gasteiger partial charge in [0.25, 0.3) is 0 Å². The van der Waals surface area contributed by atoms with Gasteiger partial charge in [0.15, 0.2) is 0 Å². The van der Waals surface area contributed by atoms with Gasteiger partial charge in [-0.2, -0.15) is 15.4 Å². The third-order valence-corrected chi connectivity index (χ3v) is 5.37. The van der Waals surface area contributed by atoms with E-state index in [1.54, 1.807) is 18.3 Å². The van der Waals surface area contributed by atoms with E-state index in [1.807, 2.05) is 23.1 Å². The Morgan fingerprint density at radius 1 is 1.07 bits per heavy atom. The fourth-order valence-electron chi connectivity index (χ4n) is 3.73. The lowest BCUT2D eigenvalue weighted by atomic mass is 10.0. The maximum Gasteiger partial charge on any atom is 0.223 e. The predicted octanol–water partition coefficient (Wildman–Crippen LogP) is 2.36. The third kappa shape index (κ3) is 4.83. The van der Waals surface area contributed by atoms with Crippen molar-refractivity contribution in [3.63, 3.8) is 0 Å². The van der Waals surface area contributed by atoms with Crippen LogP contribution < -0.4 is 10.2 Å². The van der Waals surface area contributed by atoms with Crippen LogP contribution in [-0.4, -0.2) is 58.9 Å². The first-order valence-corrected chi connectivity index (χ1v) is 10.1.